The normalized spacial score (nSPS) is 28.7. The molecule has 1 aliphatic rings. The summed E-state index contributed by atoms with van der Waals surface area (Å²) in [6, 6.07) is 0. The highest BCUT2D eigenvalue weighted by molar-refractivity contribution is 7.80. The summed E-state index contributed by atoms with van der Waals surface area (Å²) in [5, 5.41) is 19.9. The number of hydrogen-bond acceptors (Lipinski definition) is 8. The van der Waals surface area contributed by atoms with E-state index in [0.29, 0.717) is 0 Å². The number of aromatic nitrogens is 4. The maximum atomic E-state index is 11.7. The Morgan fingerprint density at radius 1 is 1.48 bits per heavy atom. The Kier molecular flexibility index (Phi) is 4.20. The quantitative estimate of drug-likeness (QED) is 0.379. The number of nitrogens with one attached hydrogen (secondary N) is 1. The number of nitrogens with two attached hydrogens (primary N) is 1. The summed E-state index contributed by atoms with van der Waals surface area (Å²) >= 11 is 4.05. The molecule has 1 aliphatic heterocycles. The second-order valence-corrected chi connectivity index (χ2v) is 4.87. The standard InChI is InChI=1S/C10H13N5O4S.H2O/c11-10-13-7-4(8(18)14-10)12-2-15(7)9-6(17)5(16)3(1-20)19-9;/h2-3,5-6,9,16-17,20H,1H2,(H3,11,13,14,18);1H2/t3-,5-,6-,9-;/m1./s1. The molecule has 0 radical (unpaired) electrons. The van der Waals surface area contributed by atoms with E-state index in [9.17, 15) is 15.0 Å². The topological polar surface area (TPSA) is 171 Å². The highest BCUT2D eigenvalue weighted by Crippen LogP contribution is 2.31. The number of H-pyrrole nitrogens is 1. The molecule has 7 N–H and O–H groups in total. The van der Waals surface area contributed by atoms with E-state index in [1.165, 1.54) is 10.9 Å². The Morgan fingerprint density at radius 2 is 2.19 bits per heavy atom. The van der Waals surface area contributed by atoms with Crippen molar-refractivity contribution in [1.82, 2.24) is 19.5 Å². The molecule has 2 aromatic rings. The number of thiol groups is 1. The minimum Gasteiger partial charge on any atom is -0.412 e. The summed E-state index contributed by atoms with van der Waals surface area (Å²) in [6.45, 7) is 0. The molecule has 0 saturated carbocycles. The lowest BCUT2D eigenvalue weighted by Gasteiger charge is -2.16. The van der Waals surface area contributed by atoms with Crippen LogP contribution in [0.5, 0.6) is 0 Å². The molecule has 3 rings (SSSR count). The van der Waals surface area contributed by atoms with Crippen LogP contribution in [0.15, 0.2) is 11.1 Å². The van der Waals surface area contributed by atoms with E-state index in [-0.39, 0.29) is 28.3 Å². The monoisotopic (exact) mass is 317 g/mol. The van der Waals surface area contributed by atoms with Crippen LogP contribution in [0.2, 0.25) is 0 Å². The predicted octanol–water partition coefficient (Wildman–Crippen LogP) is -2.57. The highest BCUT2D eigenvalue weighted by Gasteiger charge is 2.43. The zero-order chi connectivity index (χ0) is 14.4. The minimum atomic E-state index is -1.17. The van der Waals surface area contributed by atoms with E-state index < -0.39 is 30.1 Å². The molecule has 3 heterocycles. The van der Waals surface area contributed by atoms with Gasteiger partial charge in [-0.3, -0.25) is 14.3 Å². The largest absolute Gasteiger partial charge is 0.412 e. The van der Waals surface area contributed by atoms with Crippen LogP contribution >= 0.6 is 12.6 Å². The number of aromatic amines is 1. The number of rotatable bonds is 2. The van der Waals surface area contributed by atoms with Crippen molar-refractivity contribution in [2.45, 2.75) is 24.5 Å². The molecule has 0 spiro atoms. The molecule has 10 nitrogen and oxygen atoms in total. The van der Waals surface area contributed by atoms with Gasteiger partial charge in [0.1, 0.15) is 12.2 Å². The number of anilines is 1. The smallest absolute Gasteiger partial charge is 0.280 e. The molecular formula is C10H15N5O5S. The van der Waals surface area contributed by atoms with Gasteiger partial charge >= 0.3 is 0 Å². The molecule has 0 amide bonds. The number of imidazole rings is 1. The number of aliphatic hydroxyl groups is 2. The van der Waals surface area contributed by atoms with Gasteiger partial charge in [0.15, 0.2) is 17.4 Å². The van der Waals surface area contributed by atoms with Crippen molar-refractivity contribution >= 4 is 29.7 Å². The zero-order valence-electron chi connectivity index (χ0n) is 10.7. The number of nitrogen functional groups attached to an aromatic ring is 1. The van der Waals surface area contributed by atoms with E-state index in [1.807, 2.05) is 0 Å². The summed E-state index contributed by atoms with van der Waals surface area (Å²) in [5.41, 5.74) is 5.28. The third kappa shape index (κ3) is 2.38. The van der Waals surface area contributed by atoms with E-state index in [0.717, 1.165) is 0 Å². The van der Waals surface area contributed by atoms with E-state index >= 15 is 0 Å². The van der Waals surface area contributed by atoms with Gasteiger partial charge < -0.3 is 26.2 Å². The first kappa shape index (κ1) is 15.7. The van der Waals surface area contributed by atoms with Crippen molar-refractivity contribution in [3.63, 3.8) is 0 Å². The van der Waals surface area contributed by atoms with Gasteiger partial charge in [0.05, 0.1) is 12.4 Å². The Labute approximate surface area is 123 Å². The first-order valence-corrected chi connectivity index (χ1v) is 6.51. The number of fused-ring (bicyclic) bond motifs is 1. The molecule has 21 heavy (non-hydrogen) atoms. The first-order chi connectivity index (χ1) is 9.52. The van der Waals surface area contributed by atoms with Crippen LogP contribution in [0.4, 0.5) is 5.95 Å². The molecule has 11 heteroatoms. The Morgan fingerprint density at radius 3 is 2.81 bits per heavy atom. The van der Waals surface area contributed by atoms with Gasteiger partial charge in [0, 0.05) is 5.75 Å². The second kappa shape index (κ2) is 5.61. The summed E-state index contributed by atoms with van der Waals surface area (Å²) < 4.78 is 6.89. The van der Waals surface area contributed by atoms with Gasteiger partial charge in [-0.05, 0) is 0 Å². The fraction of sp³-hybridized carbons (Fsp3) is 0.500. The van der Waals surface area contributed by atoms with E-state index in [2.05, 4.69) is 27.6 Å². The molecule has 0 aliphatic carbocycles. The maximum Gasteiger partial charge on any atom is 0.280 e. The van der Waals surface area contributed by atoms with Crippen LogP contribution in [-0.4, -0.2) is 59.3 Å². The van der Waals surface area contributed by atoms with Crippen molar-refractivity contribution in [3.05, 3.63) is 16.7 Å². The van der Waals surface area contributed by atoms with Gasteiger partial charge in [0.25, 0.3) is 5.56 Å². The fourth-order valence-electron chi connectivity index (χ4n) is 2.24. The molecule has 2 aromatic heterocycles. The Bertz CT molecular complexity index is 703. The summed E-state index contributed by atoms with van der Waals surface area (Å²) in [7, 11) is 0. The average Bonchev–Trinajstić information content (AvgIpc) is 2.93. The fourth-order valence-corrected chi connectivity index (χ4v) is 2.54. The molecule has 0 bridgehead atoms. The molecule has 1 saturated heterocycles. The second-order valence-electron chi connectivity index (χ2n) is 4.50. The average molecular weight is 317 g/mol. The van der Waals surface area contributed by atoms with Crippen molar-refractivity contribution in [2.75, 3.05) is 11.5 Å². The molecule has 1 fully saturated rings. The number of nitrogens with zero attached hydrogens (tertiary/aromatic N) is 3. The summed E-state index contributed by atoms with van der Waals surface area (Å²) in [4.78, 5) is 21.9. The first-order valence-electron chi connectivity index (χ1n) is 5.87. The Balaban J connectivity index is 0.00000161. The third-order valence-corrected chi connectivity index (χ3v) is 3.60. The van der Waals surface area contributed by atoms with Crippen LogP contribution < -0.4 is 11.3 Å². The van der Waals surface area contributed by atoms with Crippen molar-refractivity contribution in [3.8, 4) is 0 Å². The molecule has 0 unspecified atom stereocenters. The number of hydrogen-bond donors (Lipinski definition) is 5. The lowest BCUT2D eigenvalue weighted by molar-refractivity contribution is -0.0288. The third-order valence-electron chi connectivity index (χ3n) is 3.24. The molecule has 0 aromatic carbocycles. The van der Waals surface area contributed by atoms with Crippen LogP contribution in [0.1, 0.15) is 6.23 Å². The number of ether oxygens (including phenoxy) is 1. The van der Waals surface area contributed by atoms with Crippen molar-refractivity contribution < 1.29 is 20.4 Å². The number of aliphatic hydroxyl groups excluding tert-OH is 2. The van der Waals surface area contributed by atoms with Gasteiger partial charge in [0.2, 0.25) is 5.95 Å². The van der Waals surface area contributed by atoms with Crippen LogP contribution in [0.25, 0.3) is 11.2 Å². The van der Waals surface area contributed by atoms with Gasteiger partial charge in [-0.1, -0.05) is 0 Å². The van der Waals surface area contributed by atoms with Gasteiger partial charge in [-0.2, -0.15) is 17.6 Å². The zero-order valence-corrected chi connectivity index (χ0v) is 11.6. The lowest BCUT2D eigenvalue weighted by atomic mass is 10.1. The highest BCUT2D eigenvalue weighted by atomic mass is 32.1. The van der Waals surface area contributed by atoms with Gasteiger partial charge in [-0.15, -0.1) is 0 Å². The van der Waals surface area contributed by atoms with Crippen molar-refractivity contribution in [1.29, 1.82) is 0 Å². The lowest BCUT2D eigenvalue weighted by Crippen LogP contribution is -2.32. The predicted molar refractivity (Wildman–Crippen MR) is 76.0 cm³/mol. The molecule has 4 atom stereocenters. The molecular weight excluding hydrogens is 302 g/mol. The van der Waals surface area contributed by atoms with Gasteiger partial charge in [-0.25, -0.2) is 4.98 Å². The summed E-state index contributed by atoms with van der Waals surface area (Å²) in [6.07, 6.45) is -2.45. The molecule has 116 valence electrons. The summed E-state index contributed by atoms with van der Waals surface area (Å²) in [5.74, 6) is 0.181. The van der Waals surface area contributed by atoms with E-state index in [1.54, 1.807) is 0 Å². The van der Waals surface area contributed by atoms with Crippen molar-refractivity contribution in [2.24, 2.45) is 0 Å². The van der Waals surface area contributed by atoms with E-state index in [4.69, 9.17) is 10.5 Å². The maximum absolute atomic E-state index is 11.7. The van der Waals surface area contributed by atoms with Crippen LogP contribution in [0.3, 0.4) is 0 Å². The van der Waals surface area contributed by atoms with Crippen LogP contribution in [-0.2, 0) is 4.74 Å². The SMILES string of the molecule is Nc1nc2c(ncn2[C@@H]2O[C@H](CS)[C@@H](O)[C@H]2O)c(=O)[nH]1.O. The Hall–Kier alpha value is -1.66. The minimum absolute atomic E-state index is 0. The van der Waals surface area contributed by atoms with Crippen LogP contribution in [0, 0.1) is 0 Å².